The number of Topliss-reactive ketones (excluding diaryl/α,β-unsaturated/α-hetero) is 1. The summed E-state index contributed by atoms with van der Waals surface area (Å²) in [5.74, 6) is 1.55. The largest absolute Gasteiger partial charge is 0.494 e. The molecule has 27 heavy (non-hydrogen) atoms. The van der Waals surface area contributed by atoms with Crippen LogP contribution in [0.1, 0.15) is 48.5 Å². The first-order chi connectivity index (χ1) is 13.1. The molecule has 2 aromatic carbocycles. The van der Waals surface area contributed by atoms with E-state index in [-0.39, 0.29) is 11.7 Å². The highest BCUT2D eigenvalue weighted by atomic mass is 79.9. The van der Waals surface area contributed by atoms with Crippen LogP contribution in [0, 0.1) is 5.92 Å². The zero-order valence-electron chi connectivity index (χ0n) is 16.2. The lowest BCUT2D eigenvalue weighted by atomic mass is 10.0. The topological polar surface area (TPSA) is 29.5 Å². The minimum atomic E-state index is 0.111. The molecule has 3 rings (SSSR count). The quantitative estimate of drug-likeness (QED) is 0.366. The Bertz CT molecular complexity index is 755. The summed E-state index contributed by atoms with van der Waals surface area (Å²) in [5, 5.41) is 0. The SMILES string of the molecule is CCN(CC)CCCOc1ccc(C(=O)C2CC2c2cccc(Br)c2)cc1. The lowest BCUT2D eigenvalue weighted by Crippen LogP contribution is -2.25. The van der Waals surface area contributed by atoms with Gasteiger partial charge in [-0.25, -0.2) is 0 Å². The fraction of sp³-hybridized carbons (Fsp3) is 0.435. The maximum absolute atomic E-state index is 12.7. The van der Waals surface area contributed by atoms with Gasteiger partial charge in [0.05, 0.1) is 6.61 Å². The number of ether oxygens (including phenoxy) is 1. The van der Waals surface area contributed by atoms with Gasteiger partial charge >= 0.3 is 0 Å². The van der Waals surface area contributed by atoms with Crippen molar-refractivity contribution >= 4 is 21.7 Å². The molecule has 0 aromatic heterocycles. The number of halogens is 1. The van der Waals surface area contributed by atoms with Crippen LogP contribution in [0.4, 0.5) is 0 Å². The molecule has 2 atom stereocenters. The van der Waals surface area contributed by atoms with E-state index in [4.69, 9.17) is 4.74 Å². The Labute approximate surface area is 170 Å². The second-order valence-corrected chi connectivity index (χ2v) is 8.04. The summed E-state index contributed by atoms with van der Waals surface area (Å²) in [6.07, 6.45) is 1.96. The highest BCUT2D eigenvalue weighted by molar-refractivity contribution is 9.10. The predicted octanol–water partition coefficient (Wildman–Crippen LogP) is 5.55. The average Bonchev–Trinajstić information content (AvgIpc) is 3.49. The van der Waals surface area contributed by atoms with Crippen molar-refractivity contribution in [2.45, 2.75) is 32.6 Å². The van der Waals surface area contributed by atoms with E-state index in [1.54, 1.807) is 0 Å². The van der Waals surface area contributed by atoms with Gasteiger partial charge in [-0.2, -0.15) is 0 Å². The predicted molar refractivity (Wildman–Crippen MR) is 114 cm³/mol. The second kappa shape index (κ2) is 9.52. The van der Waals surface area contributed by atoms with E-state index in [9.17, 15) is 4.79 Å². The van der Waals surface area contributed by atoms with Gasteiger partial charge in [-0.15, -0.1) is 0 Å². The molecule has 3 nitrogen and oxygen atoms in total. The Hall–Kier alpha value is -1.65. The zero-order chi connectivity index (χ0) is 19.2. The molecule has 0 saturated heterocycles. The van der Waals surface area contributed by atoms with Crippen molar-refractivity contribution in [1.82, 2.24) is 4.90 Å². The van der Waals surface area contributed by atoms with Crippen LogP contribution in [0.5, 0.6) is 5.75 Å². The van der Waals surface area contributed by atoms with Gasteiger partial charge in [0.15, 0.2) is 5.78 Å². The molecule has 0 amide bonds. The highest BCUT2D eigenvalue weighted by Crippen LogP contribution is 2.49. The normalized spacial score (nSPS) is 18.5. The van der Waals surface area contributed by atoms with Gasteiger partial charge in [-0.1, -0.05) is 41.9 Å². The zero-order valence-corrected chi connectivity index (χ0v) is 17.7. The molecule has 0 N–H and O–H groups in total. The maximum Gasteiger partial charge on any atom is 0.166 e. The molecular weight excluding hydrogens is 402 g/mol. The monoisotopic (exact) mass is 429 g/mol. The molecule has 0 aliphatic heterocycles. The smallest absolute Gasteiger partial charge is 0.166 e. The van der Waals surface area contributed by atoms with Crippen LogP contribution in [0.3, 0.4) is 0 Å². The number of hydrogen-bond acceptors (Lipinski definition) is 3. The van der Waals surface area contributed by atoms with Crippen LogP contribution in [0.15, 0.2) is 53.0 Å². The van der Waals surface area contributed by atoms with Crippen LogP contribution >= 0.6 is 15.9 Å². The van der Waals surface area contributed by atoms with Crippen molar-refractivity contribution in [3.63, 3.8) is 0 Å². The van der Waals surface area contributed by atoms with Gasteiger partial charge in [-0.05, 0) is 73.8 Å². The van der Waals surface area contributed by atoms with Gasteiger partial charge in [0, 0.05) is 22.5 Å². The highest BCUT2D eigenvalue weighted by Gasteiger charge is 2.43. The summed E-state index contributed by atoms with van der Waals surface area (Å²) in [7, 11) is 0. The number of hydrogen-bond donors (Lipinski definition) is 0. The minimum Gasteiger partial charge on any atom is -0.494 e. The van der Waals surface area contributed by atoms with Crippen LogP contribution in [-0.4, -0.2) is 36.9 Å². The van der Waals surface area contributed by atoms with Crippen molar-refractivity contribution in [3.05, 3.63) is 64.1 Å². The van der Waals surface area contributed by atoms with Gasteiger partial charge in [0.1, 0.15) is 5.75 Å². The molecule has 0 spiro atoms. The maximum atomic E-state index is 12.7. The molecule has 0 radical (unpaired) electrons. The van der Waals surface area contributed by atoms with Crippen molar-refractivity contribution in [3.8, 4) is 5.75 Å². The summed E-state index contributed by atoms with van der Waals surface area (Å²) in [4.78, 5) is 15.1. The van der Waals surface area contributed by atoms with E-state index in [0.717, 1.165) is 48.3 Å². The third-order valence-electron chi connectivity index (χ3n) is 5.32. The Morgan fingerprint density at radius 2 is 1.89 bits per heavy atom. The number of carbonyl (C=O) groups is 1. The van der Waals surface area contributed by atoms with E-state index >= 15 is 0 Å². The summed E-state index contributed by atoms with van der Waals surface area (Å²) >= 11 is 3.51. The number of nitrogens with zero attached hydrogens (tertiary/aromatic N) is 1. The summed E-state index contributed by atoms with van der Waals surface area (Å²) in [5.41, 5.74) is 2.03. The summed E-state index contributed by atoms with van der Waals surface area (Å²) in [6.45, 7) is 8.28. The Morgan fingerprint density at radius 1 is 1.15 bits per heavy atom. The lowest BCUT2D eigenvalue weighted by molar-refractivity contribution is 0.0965. The number of carbonyl (C=O) groups excluding carboxylic acids is 1. The van der Waals surface area contributed by atoms with E-state index in [0.29, 0.717) is 12.5 Å². The van der Waals surface area contributed by atoms with Gasteiger partial charge < -0.3 is 9.64 Å². The minimum absolute atomic E-state index is 0.111. The molecule has 0 heterocycles. The first kappa shape index (κ1) is 20.1. The van der Waals surface area contributed by atoms with E-state index in [1.165, 1.54) is 5.56 Å². The van der Waals surface area contributed by atoms with Gasteiger partial charge in [0.2, 0.25) is 0 Å². The Kier molecular flexibility index (Phi) is 7.08. The molecule has 1 aliphatic carbocycles. The van der Waals surface area contributed by atoms with E-state index < -0.39 is 0 Å². The van der Waals surface area contributed by atoms with E-state index in [1.807, 2.05) is 36.4 Å². The number of ketones is 1. The van der Waals surface area contributed by atoms with Crippen LogP contribution < -0.4 is 4.74 Å². The molecule has 1 fully saturated rings. The first-order valence-electron chi connectivity index (χ1n) is 9.87. The summed E-state index contributed by atoms with van der Waals surface area (Å²) < 4.78 is 6.89. The fourth-order valence-corrected chi connectivity index (χ4v) is 3.95. The molecule has 1 saturated carbocycles. The van der Waals surface area contributed by atoms with Crippen molar-refractivity contribution in [2.24, 2.45) is 5.92 Å². The van der Waals surface area contributed by atoms with Crippen LogP contribution in [-0.2, 0) is 0 Å². The average molecular weight is 430 g/mol. The Balaban J connectivity index is 1.48. The van der Waals surface area contributed by atoms with Gasteiger partial charge in [-0.3, -0.25) is 4.79 Å². The summed E-state index contributed by atoms with van der Waals surface area (Å²) in [6, 6.07) is 15.9. The van der Waals surface area contributed by atoms with Crippen LogP contribution in [0.25, 0.3) is 0 Å². The third kappa shape index (κ3) is 5.43. The fourth-order valence-electron chi connectivity index (χ4n) is 3.54. The Morgan fingerprint density at radius 3 is 2.56 bits per heavy atom. The molecule has 2 unspecified atom stereocenters. The standard InChI is InChI=1S/C23H28BrNO2/c1-3-25(4-2)13-6-14-27-20-11-9-17(10-12-20)23(26)22-16-21(22)18-7-5-8-19(24)15-18/h5,7-12,15,21-22H,3-4,6,13-14,16H2,1-2H3. The first-order valence-corrected chi connectivity index (χ1v) is 10.7. The molecule has 2 aromatic rings. The van der Waals surface area contributed by atoms with Crippen LogP contribution in [0.2, 0.25) is 0 Å². The molecule has 1 aliphatic rings. The van der Waals surface area contributed by atoms with Crippen molar-refractivity contribution in [1.29, 1.82) is 0 Å². The number of benzene rings is 2. The lowest BCUT2D eigenvalue weighted by Gasteiger charge is -2.17. The van der Waals surface area contributed by atoms with Gasteiger partial charge in [0.25, 0.3) is 0 Å². The van der Waals surface area contributed by atoms with Crippen molar-refractivity contribution in [2.75, 3.05) is 26.2 Å². The molecular formula is C23H28BrNO2. The second-order valence-electron chi connectivity index (χ2n) is 7.12. The third-order valence-corrected chi connectivity index (χ3v) is 5.82. The van der Waals surface area contributed by atoms with E-state index in [2.05, 4.69) is 46.8 Å². The molecule has 4 heteroatoms. The van der Waals surface area contributed by atoms with Crippen molar-refractivity contribution < 1.29 is 9.53 Å². The molecule has 144 valence electrons. The molecule has 0 bridgehead atoms. The number of rotatable bonds is 10.